The normalized spacial score (nSPS) is 11.2. The van der Waals surface area contributed by atoms with Gasteiger partial charge in [-0.2, -0.15) is 0 Å². The van der Waals surface area contributed by atoms with Gasteiger partial charge in [-0.05, 0) is 36.3 Å². The summed E-state index contributed by atoms with van der Waals surface area (Å²) in [6, 6.07) is 2.08. The number of thiophene rings is 1. The lowest BCUT2D eigenvalue weighted by molar-refractivity contribution is 0.435. The quantitative estimate of drug-likeness (QED) is 0.887. The van der Waals surface area contributed by atoms with Gasteiger partial charge in [0.1, 0.15) is 0 Å². The predicted octanol–water partition coefficient (Wildman–Crippen LogP) is 3.49. The highest BCUT2D eigenvalue weighted by Gasteiger charge is 2.18. The van der Waals surface area contributed by atoms with E-state index in [1.165, 1.54) is 5.56 Å². The van der Waals surface area contributed by atoms with Crippen LogP contribution >= 0.6 is 11.3 Å². The number of rotatable bonds is 3. The van der Waals surface area contributed by atoms with E-state index in [4.69, 9.17) is 10.3 Å². The van der Waals surface area contributed by atoms with Crippen LogP contribution in [0, 0.1) is 12.8 Å². The highest BCUT2D eigenvalue weighted by Crippen LogP contribution is 2.35. The lowest BCUT2D eigenvalue weighted by Gasteiger charge is -2.04. The van der Waals surface area contributed by atoms with E-state index >= 15 is 0 Å². The van der Waals surface area contributed by atoms with Crippen LogP contribution in [-0.2, 0) is 6.42 Å². The van der Waals surface area contributed by atoms with E-state index in [2.05, 4.69) is 37.4 Å². The van der Waals surface area contributed by atoms with Gasteiger partial charge in [-0.3, -0.25) is 0 Å². The van der Waals surface area contributed by atoms with Crippen molar-refractivity contribution in [1.82, 2.24) is 5.16 Å². The minimum Gasteiger partial charge on any atom is -0.381 e. The Kier molecular flexibility index (Phi) is 3.01. The molecule has 2 aromatic heterocycles. The molecule has 3 nitrogen and oxygen atoms in total. The van der Waals surface area contributed by atoms with Gasteiger partial charge in [-0.15, -0.1) is 11.3 Å². The third-order valence-corrected chi connectivity index (χ3v) is 3.51. The molecule has 0 spiro atoms. The summed E-state index contributed by atoms with van der Waals surface area (Å²) in [5, 5.41) is 5.93. The van der Waals surface area contributed by atoms with Crippen LogP contribution in [0.5, 0.6) is 0 Å². The average molecular weight is 236 g/mol. The number of nitrogens with zero attached hydrogens (tertiary/aromatic N) is 1. The minimum absolute atomic E-state index is 0.525. The summed E-state index contributed by atoms with van der Waals surface area (Å²) in [5.41, 5.74) is 8.10. The maximum Gasteiger partial charge on any atom is 0.182 e. The number of hydrogen-bond acceptors (Lipinski definition) is 4. The third kappa shape index (κ3) is 1.97. The van der Waals surface area contributed by atoms with E-state index in [0.29, 0.717) is 11.7 Å². The second-order valence-electron chi connectivity index (χ2n) is 4.41. The highest BCUT2D eigenvalue weighted by molar-refractivity contribution is 7.13. The van der Waals surface area contributed by atoms with Gasteiger partial charge < -0.3 is 10.3 Å². The molecule has 0 radical (unpaired) electrons. The molecular weight excluding hydrogens is 220 g/mol. The summed E-state index contributed by atoms with van der Waals surface area (Å²) in [5.74, 6) is 1.91. The van der Waals surface area contributed by atoms with Gasteiger partial charge in [-0.25, -0.2) is 0 Å². The molecule has 0 aliphatic carbocycles. The van der Waals surface area contributed by atoms with Gasteiger partial charge in [0.15, 0.2) is 11.6 Å². The number of nitrogen functional groups attached to an aromatic ring is 1. The minimum atomic E-state index is 0.525. The first-order valence-electron chi connectivity index (χ1n) is 5.38. The fourth-order valence-electron chi connectivity index (χ4n) is 1.71. The van der Waals surface area contributed by atoms with Gasteiger partial charge >= 0.3 is 0 Å². The maximum absolute atomic E-state index is 5.85. The van der Waals surface area contributed by atoms with Crippen LogP contribution in [0.1, 0.15) is 25.0 Å². The Balaban J connectivity index is 2.46. The lowest BCUT2D eigenvalue weighted by Crippen LogP contribution is -1.98. The maximum atomic E-state index is 5.85. The number of anilines is 1. The Morgan fingerprint density at radius 2 is 2.25 bits per heavy atom. The summed E-state index contributed by atoms with van der Waals surface area (Å²) in [4.78, 5) is 1.14. The second kappa shape index (κ2) is 4.29. The Morgan fingerprint density at radius 1 is 1.50 bits per heavy atom. The van der Waals surface area contributed by atoms with E-state index < -0.39 is 0 Å². The van der Waals surface area contributed by atoms with Crippen LogP contribution < -0.4 is 5.73 Å². The second-order valence-corrected chi connectivity index (χ2v) is 5.32. The highest BCUT2D eigenvalue weighted by atomic mass is 32.1. The first-order chi connectivity index (χ1) is 7.59. The SMILES string of the molecule is Cc1ccsc1-c1onc(N)c1CC(C)C. The summed E-state index contributed by atoms with van der Waals surface area (Å²) in [6.07, 6.45) is 0.905. The molecule has 2 rings (SSSR count). The molecule has 0 aromatic carbocycles. The van der Waals surface area contributed by atoms with Crippen molar-refractivity contribution in [2.45, 2.75) is 27.2 Å². The summed E-state index contributed by atoms with van der Waals surface area (Å²) in [7, 11) is 0. The average Bonchev–Trinajstić information content (AvgIpc) is 2.75. The largest absolute Gasteiger partial charge is 0.381 e. The zero-order valence-electron chi connectivity index (χ0n) is 9.78. The fourth-order valence-corrected chi connectivity index (χ4v) is 2.64. The van der Waals surface area contributed by atoms with Crippen molar-refractivity contribution in [2.75, 3.05) is 5.73 Å². The molecule has 0 aliphatic rings. The molecule has 0 atom stereocenters. The number of aromatic nitrogens is 1. The Hall–Kier alpha value is -1.29. The van der Waals surface area contributed by atoms with Crippen molar-refractivity contribution in [2.24, 2.45) is 5.92 Å². The Labute approximate surface area is 99.3 Å². The van der Waals surface area contributed by atoms with Gasteiger partial charge in [0.25, 0.3) is 0 Å². The van der Waals surface area contributed by atoms with Crippen molar-refractivity contribution in [3.8, 4) is 10.6 Å². The van der Waals surface area contributed by atoms with E-state index in [-0.39, 0.29) is 0 Å². The van der Waals surface area contributed by atoms with Crippen LogP contribution in [0.15, 0.2) is 16.0 Å². The molecular formula is C12H16N2OS. The smallest absolute Gasteiger partial charge is 0.182 e. The van der Waals surface area contributed by atoms with Crippen molar-refractivity contribution in [1.29, 1.82) is 0 Å². The molecule has 0 unspecified atom stereocenters. The fraction of sp³-hybridized carbons (Fsp3) is 0.417. The monoisotopic (exact) mass is 236 g/mol. The number of aryl methyl sites for hydroxylation is 1. The summed E-state index contributed by atoms with van der Waals surface area (Å²) < 4.78 is 5.36. The lowest BCUT2D eigenvalue weighted by atomic mass is 10.0. The zero-order chi connectivity index (χ0) is 11.7. The molecule has 16 heavy (non-hydrogen) atoms. The van der Waals surface area contributed by atoms with Crippen LogP contribution in [0.4, 0.5) is 5.82 Å². The van der Waals surface area contributed by atoms with Crippen molar-refractivity contribution in [3.05, 3.63) is 22.6 Å². The molecule has 2 N–H and O–H groups in total. The molecule has 0 saturated carbocycles. The molecule has 0 amide bonds. The van der Waals surface area contributed by atoms with E-state index in [1.54, 1.807) is 11.3 Å². The molecule has 2 heterocycles. The molecule has 0 aliphatic heterocycles. The molecule has 0 saturated heterocycles. The van der Waals surface area contributed by atoms with E-state index in [1.807, 2.05) is 0 Å². The summed E-state index contributed by atoms with van der Waals surface area (Å²) >= 11 is 1.67. The molecule has 4 heteroatoms. The van der Waals surface area contributed by atoms with Gasteiger partial charge in [0.05, 0.1) is 4.88 Å². The molecule has 0 fully saturated rings. The van der Waals surface area contributed by atoms with Crippen LogP contribution in [0.2, 0.25) is 0 Å². The molecule has 86 valence electrons. The van der Waals surface area contributed by atoms with Crippen molar-refractivity contribution in [3.63, 3.8) is 0 Å². The summed E-state index contributed by atoms with van der Waals surface area (Å²) in [6.45, 7) is 6.40. The molecule has 0 bridgehead atoms. The topological polar surface area (TPSA) is 52.0 Å². The van der Waals surface area contributed by atoms with E-state index in [0.717, 1.165) is 22.6 Å². The van der Waals surface area contributed by atoms with Crippen LogP contribution in [0.25, 0.3) is 10.6 Å². The predicted molar refractivity (Wildman–Crippen MR) is 67.5 cm³/mol. The standard InChI is InChI=1S/C12H16N2OS/c1-7(2)6-9-10(15-14-12(9)13)11-8(3)4-5-16-11/h4-5,7H,6H2,1-3H3,(H2,13,14). The van der Waals surface area contributed by atoms with Gasteiger partial charge in [0, 0.05) is 5.56 Å². The first kappa shape index (κ1) is 11.2. The zero-order valence-corrected chi connectivity index (χ0v) is 10.6. The first-order valence-corrected chi connectivity index (χ1v) is 6.26. The number of nitrogens with two attached hydrogens (primary N) is 1. The van der Waals surface area contributed by atoms with Gasteiger partial charge in [-0.1, -0.05) is 19.0 Å². The third-order valence-electron chi connectivity index (χ3n) is 2.50. The van der Waals surface area contributed by atoms with Crippen LogP contribution in [0.3, 0.4) is 0 Å². The van der Waals surface area contributed by atoms with Gasteiger partial charge in [0.2, 0.25) is 0 Å². The van der Waals surface area contributed by atoms with E-state index in [9.17, 15) is 0 Å². The van der Waals surface area contributed by atoms with Crippen LogP contribution in [-0.4, -0.2) is 5.16 Å². The Morgan fingerprint density at radius 3 is 2.81 bits per heavy atom. The van der Waals surface area contributed by atoms with Crippen molar-refractivity contribution >= 4 is 17.2 Å². The molecule has 2 aromatic rings. The van der Waals surface area contributed by atoms with Crippen molar-refractivity contribution < 1.29 is 4.52 Å². The Bertz CT molecular complexity index is 485. The number of hydrogen-bond donors (Lipinski definition) is 1.